The van der Waals surface area contributed by atoms with E-state index < -0.39 is 5.97 Å². The van der Waals surface area contributed by atoms with E-state index >= 15 is 0 Å². The van der Waals surface area contributed by atoms with Gasteiger partial charge in [0.1, 0.15) is 5.76 Å². The van der Waals surface area contributed by atoms with Crippen LogP contribution in [0.5, 0.6) is 0 Å². The summed E-state index contributed by atoms with van der Waals surface area (Å²) in [5.74, 6) is -0.313. The second-order valence-corrected chi connectivity index (χ2v) is 6.49. The van der Waals surface area contributed by atoms with Gasteiger partial charge in [0.2, 0.25) is 0 Å². The molecule has 1 aromatic heterocycles. The predicted molar refractivity (Wildman–Crippen MR) is 98.4 cm³/mol. The number of hydrogen-bond acceptors (Lipinski definition) is 4. The minimum Gasteiger partial charge on any atom is -0.467 e. The largest absolute Gasteiger partial charge is 0.467 e. The van der Waals surface area contributed by atoms with Crippen LogP contribution in [0.2, 0.25) is 10.0 Å². The third-order valence-electron chi connectivity index (χ3n) is 4.06. The fraction of sp³-hybridized carbons (Fsp3) is 0.158. The van der Waals surface area contributed by atoms with Crippen LogP contribution in [0, 0.1) is 0 Å². The normalized spacial score (nSPS) is 15.9. The quantitative estimate of drug-likeness (QED) is 0.570. The molecule has 2 aromatic rings. The number of ether oxygens (including phenoxy) is 1. The van der Waals surface area contributed by atoms with Crippen molar-refractivity contribution in [1.82, 2.24) is 4.90 Å². The van der Waals surface area contributed by atoms with E-state index in [2.05, 4.69) is 0 Å². The van der Waals surface area contributed by atoms with Gasteiger partial charge >= 0.3 is 5.97 Å². The fourth-order valence-corrected chi connectivity index (χ4v) is 3.21. The van der Waals surface area contributed by atoms with Gasteiger partial charge in [-0.05, 0) is 42.8 Å². The number of methoxy groups -OCH3 is 1. The number of hydrogen-bond donors (Lipinski definition) is 0. The molecule has 7 heteroatoms. The van der Waals surface area contributed by atoms with Gasteiger partial charge in [0.15, 0.2) is 0 Å². The van der Waals surface area contributed by atoms with Crippen molar-refractivity contribution in [2.75, 3.05) is 7.11 Å². The van der Waals surface area contributed by atoms with Gasteiger partial charge in [-0.1, -0.05) is 29.3 Å². The smallest absolute Gasteiger partial charge is 0.340 e. The van der Waals surface area contributed by atoms with Crippen molar-refractivity contribution in [3.63, 3.8) is 0 Å². The molecular formula is C19H15Cl2NO4. The van der Waals surface area contributed by atoms with Crippen LogP contribution in [0.15, 0.2) is 57.9 Å². The van der Waals surface area contributed by atoms with Gasteiger partial charge in [0.25, 0.3) is 5.91 Å². The first-order chi connectivity index (χ1) is 12.4. The molecule has 0 bridgehead atoms. The minimum atomic E-state index is -0.589. The molecule has 1 aliphatic heterocycles. The van der Waals surface area contributed by atoms with E-state index in [-0.39, 0.29) is 23.6 Å². The molecule has 0 aliphatic carbocycles. The first-order valence-corrected chi connectivity index (χ1v) is 8.48. The molecule has 3 rings (SSSR count). The summed E-state index contributed by atoms with van der Waals surface area (Å²) < 4.78 is 10.2. The molecule has 0 spiro atoms. The number of amides is 1. The molecule has 0 fully saturated rings. The van der Waals surface area contributed by atoms with Crippen LogP contribution < -0.4 is 0 Å². The van der Waals surface area contributed by atoms with E-state index in [0.29, 0.717) is 27.1 Å². The SMILES string of the molecule is COC(=O)C1=C(C)N(Cc2ccco2)C(=O)/C1=C/c1ccc(Cl)cc1Cl. The third kappa shape index (κ3) is 3.41. The highest BCUT2D eigenvalue weighted by atomic mass is 35.5. The summed E-state index contributed by atoms with van der Waals surface area (Å²) in [7, 11) is 1.27. The molecule has 0 N–H and O–H groups in total. The van der Waals surface area contributed by atoms with Gasteiger partial charge in [0.05, 0.1) is 31.1 Å². The van der Waals surface area contributed by atoms with Gasteiger partial charge in [-0.15, -0.1) is 0 Å². The summed E-state index contributed by atoms with van der Waals surface area (Å²) in [6.45, 7) is 1.90. The van der Waals surface area contributed by atoms with Gasteiger partial charge < -0.3 is 14.1 Å². The molecule has 5 nitrogen and oxygen atoms in total. The number of halogens is 2. The summed E-state index contributed by atoms with van der Waals surface area (Å²) >= 11 is 12.1. The average Bonchev–Trinajstić information content (AvgIpc) is 3.20. The van der Waals surface area contributed by atoms with Crippen molar-refractivity contribution >= 4 is 41.2 Å². The summed E-state index contributed by atoms with van der Waals surface area (Å²) in [5, 5.41) is 0.860. The Balaban J connectivity index is 2.06. The summed E-state index contributed by atoms with van der Waals surface area (Å²) in [5.41, 5.74) is 1.49. The van der Waals surface area contributed by atoms with Crippen LogP contribution in [0.4, 0.5) is 0 Å². The fourth-order valence-electron chi connectivity index (χ4n) is 2.75. The van der Waals surface area contributed by atoms with Gasteiger partial charge in [-0.3, -0.25) is 4.79 Å². The van der Waals surface area contributed by atoms with Gasteiger partial charge in [-0.25, -0.2) is 4.79 Å². The number of esters is 1. The number of furan rings is 1. The second-order valence-electron chi connectivity index (χ2n) is 5.65. The van der Waals surface area contributed by atoms with Crippen molar-refractivity contribution in [1.29, 1.82) is 0 Å². The molecule has 0 atom stereocenters. The molecule has 0 unspecified atom stereocenters. The topological polar surface area (TPSA) is 59.8 Å². The van der Waals surface area contributed by atoms with Gasteiger partial charge in [-0.2, -0.15) is 0 Å². The lowest BCUT2D eigenvalue weighted by Crippen LogP contribution is -2.24. The number of rotatable bonds is 4. The second kappa shape index (κ2) is 7.40. The maximum Gasteiger partial charge on any atom is 0.340 e. The molecule has 0 saturated heterocycles. The van der Waals surface area contributed by atoms with Crippen LogP contribution in [-0.2, 0) is 20.9 Å². The summed E-state index contributed by atoms with van der Waals surface area (Å²) in [6, 6.07) is 8.42. The number of carbonyl (C=O) groups is 2. The Morgan fingerprint density at radius 3 is 2.69 bits per heavy atom. The average molecular weight is 392 g/mol. The number of nitrogens with zero attached hydrogens (tertiary/aromatic N) is 1. The lowest BCUT2D eigenvalue weighted by atomic mass is 10.0. The Bertz CT molecular complexity index is 929. The summed E-state index contributed by atoms with van der Waals surface area (Å²) in [4.78, 5) is 26.7. The van der Waals surface area contributed by atoms with Crippen molar-refractivity contribution in [2.24, 2.45) is 0 Å². The zero-order valence-corrected chi connectivity index (χ0v) is 15.6. The van der Waals surface area contributed by atoms with E-state index in [1.54, 1.807) is 43.3 Å². The van der Waals surface area contributed by atoms with Crippen LogP contribution in [0.3, 0.4) is 0 Å². The minimum absolute atomic E-state index is 0.204. The first-order valence-electron chi connectivity index (χ1n) is 7.73. The Kier molecular flexibility index (Phi) is 5.20. The first kappa shape index (κ1) is 18.3. The Hall–Kier alpha value is -2.50. The predicted octanol–water partition coefficient (Wildman–Crippen LogP) is 4.46. The van der Waals surface area contributed by atoms with Crippen LogP contribution in [0.25, 0.3) is 6.08 Å². The molecule has 1 amide bonds. The molecule has 134 valence electrons. The lowest BCUT2D eigenvalue weighted by Gasteiger charge is -2.16. The standard InChI is InChI=1S/C19H15Cl2NO4/c1-11-17(19(24)25-2)15(8-12-5-6-13(20)9-16(12)21)18(23)22(11)10-14-4-3-7-26-14/h3-9H,10H2,1-2H3/b15-8+. The molecule has 0 saturated carbocycles. The van der Waals surface area contributed by atoms with Gasteiger partial charge in [0, 0.05) is 15.7 Å². The number of allylic oxidation sites excluding steroid dienone is 1. The number of carbonyl (C=O) groups excluding carboxylic acids is 2. The van der Waals surface area contributed by atoms with E-state index in [4.69, 9.17) is 32.4 Å². The zero-order chi connectivity index (χ0) is 18.8. The van der Waals surface area contributed by atoms with Crippen molar-refractivity contribution in [3.8, 4) is 0 Å². The molecular weight excluding hydrogens is 377 g/mol. The van der Waals surface area contributed by atoms with Crippen LogP contribution >= 0.6 is 23.2 Å². The highest BCUT2D eigenvalue weighted by Crippen LogP contribution is 2.34. The molecule has 0 radical (unpaired) electrons. The van der Waals surface area contributed by atoms with Crippen LogP contribution in [0.1, 0.15) is 18.2 Å². The Labute approximate surface area is 160 Å². The van der Waals surface area contributed by atoms with Crippen molar-refractivity contribution < 1.29 is 18.7 Å². The number of benzene rings is 1. The highest BCUT2D eigenvalue weighted by Gasteiger charge is 2.37. The molecule has 1 aliphatic rings. The van der Waals surface area contributed by atoms with E-state index in [9.17, 15) is 9.59 Å². The highest BCUT2D eigenvalue weighted by molar-refractivity contribution is 6.35. The Morgan fingerprint density at radius 1 is 1.31 bits per heavy atom. The van der Waals surface area contributed by atoms with Crippen molar-refractivity contribution in [3.05, 3.63) is 74.8 Å². The maximum absolute atomic E-state index is 13.0. The zero-order valence-electron chi connectivity index (χ0n) is 14.1. The van der Waals surface area contributed by atoms with E-state index in [1.807, 2.05) is 0 Å². The third-order valence-corrected chi connectivity index (χ3v) is 4.62. The van der Waals surface area contributed by atoms with Crippen LogP contribution in [-0.4, -0.2) is 23.9 Å². The maximum atomic E-state index is 13.0. The lowest BCUT2D eigenvalue weighted by molar-refractivity contribution is -0.136. The molecule has 1 aromatic carbocycles. The van der Waals surface area contributed by atoms with Crippen molar-refractivity contribution in [2.45, 2.75) is 13.5 Å². The molecule has 2 heterocycles. The van der Waals surface area contributed by atoms with E-state index in [0.717, 1.165) is 0 Å². The Morgan fingerprint density at radius 2 is 2.08 bits per heavy atom. The van der Waals surface area contributed by atoms with E-state index in [1.165, 1.54) is 18.3 Å². The molecule has 26 heavy (non-hydrogen) atoms. The summed E-state index contributed by atoms with van der Waals surface area (Å²) in [6.07, 6.45) is 3.10. The monoisotopic (exact) mass is 391 g/mol.